The Balaban J connectivity index is 2.83. The van der Waals surface area contributed by atoms with Crippen LogP contribution in [0.25, 0.3) is 0 Å². The summed E-state index contributed by atoms with van der Waals surface area (Å²) in [5.74, 6) is -0.332. The molecule has 1 rings (SSSR count). The van der Waals surface area contributed by atoms with E-state index < -0.39 is 5.41 Å². The van der Waals surface area contributed by atoms with Gasteiger partial charge >= 0.3 is 0 Å². The molecule has 0 fully saturated rings. The van der Waals surface area contributed by atoms with Gasteiger partial charge in [0.15, 0.2) is 5.84 Å². The highest BCUT2D eigenvalue weighted by Crippen LogP contribution is 2.25. The van der Waals surface area contributed by atoms with E-state index in [1.54, 1.807) is 25.2 Å². The normalized spacial score (nSPS) is 14.2. The van der Waals surface area contributed by atoms with Crippen LogP contribution in [0.15, 0.2) is 22.7 Å². The van der Waals surface area contributed by atoms with Gasteiger partial charge in [-0.25, -0.2) is 0 Å². The molecule has 1 heterocycles. The number of amides is 1. The number of carbonyl (C=O) groups is 1. The van der Waals surface area contributed by atoms with E-state index in [2.05, 4.69) is 17.4 Å². The Kier molecular flexibility index (Phi) is 5.35. The minimum atomic E-state index is -1.03. The highest BCUT2D eigenvalue weighted by molar-refractivity contribution is 7.10. The van der Waals surface area contributed by atoms with Gasteiger partial charge in [0.25, 0.3) is 0 Å². The second-order valence-electron chi connectivity index (χ2n) is 4.94. The summed E-state index contributed by atoms with van der Waals surface area (Å²) in [6, 6.07) is 3.94. The SMILES string of the molecule is CCCC(NC(=O)C(C)(C)C(N)=NO)c1cccs1. The minimum Gasteiger partial charge on any atom is -0.409 e. The summed E-state index contributed by atoms with van der Waals surface area (Å²) in [7, 11) is 0. The standard InChI is InChI=1S/C13H21N3O2S/c1-4-6-9(10-7-5-8-19-10)15-12(17)13(2,3)11(14)16-18/h5,7-9,18H,4,6H2,1-3H3,(H2,14,16)(H,15,17). The highest BCUT2D eigenvalue weighted by atomic mass is 32.1. The van der Waals surface area contributed by atoms with Crippen molar-refractivity contribution in [3.05, 3.63) is 22.4 Å². The summed E-state index contributed by atoms with van der Waals surface area (Å²) in [6.07, 6.45) is 1.82. The van der Waals surface area contributed by atoms with Crippen molar-refractivity contribution in [3.8, 4) is 0 Å². The zero-order valence-electron chi connectivity index (χ0n) is 11.5. The fourth-order valence-electron chi connectivity index (χ4n) is 1.64. The zero-order valence-corrected chi connectivity index (χ0v) is 12.3. The molecule has 5 nitrogen and oxygen atoms in total. The lowest BCUT2D eigenvalue weighted by Gasteiger charge is -2.25. The first-order valence-electron chi connectivity index (χ1n) is 6.25. The van der Waals surface area contributed by atoms with Crippen molar-refractivity contribution in [2.24, 2.45) is 16.3 Å². The van der Waals surface area contributed by atoms with Gasteiger partial charge in [0, 0.05) is 4.88 Å². The number of oxime groups is 1. The van der Waals surface area contributed by atoms with E-state index in [-0.39, 0.29) is 17.8 Å². The average Bonchev–Trinajstić information content (AvgIpc) is 2.90. The molecule has 0 aromatic carbocycles. The van der Waals surface area contributed by atoms with Gasteiger partial charge in [-0.15, -0.1) is 11.3 Å². The summed E-state index contributed by atoms with van der Waals surface area (Å²) in [5.41, 5.74) is 4.53. The molecule has 0 aliphatic heterocycles. The van der Waals surface area contributed by atoms with Gasteiger partial charge in [-0.05, 0) is 31.7 Å². The number of carbonyl (C=O) groups excluding carboxylic acids is 1. The van der Waals surface area contributed by atoms with Crippen molar-refractivity contribution < 1.29 is 10.0 Å². The summed E-state index contributed by atoms with van der Waals surface area (Å²) in [6.45, 7) is 5.34. The molecule has 0 saturated carbocycles. The van der Waals surface area contributed by atoms with Gasteiger partial charge in [0.1, 0.15) is 5.41 Å². The molecule has 0 radical (unpaired) electrons. The smallest absolute Gasteiger partial charge is 0.233 e. The van der Waals surface area contributed by atoms with Gasteiger partial charge in [-0.2, -0.15) is 0 Å². The predicted octanol–water partition coefficient (Wildman–Crippen LogP) is 2.48. The molecule has 6 heteroatoms. The number of thiophene rings is 1. The molecule has 4 N–H and O–H groups in total. The second-order valence-corrected chi connectivity index (χ2v) is 5.92. The molecule has 1 aromatic rings. The summed E-state index contributed by atoms with van der Waals surface area (Å²) >= 11 is 1.61. The topological polar surface area (TPSA) is 87.7 Å². The Labute approximate surface area is 117 Å². The van der Waals surface area contributed by atoms with Crippen molar-refractivity contribution in [1.29, 1.82) is 0 Å². The first-order chi connectivity index (χ1) is 8.93. The third-order valence-electron chi connectivity index (χ3n) is 3.09. The summed E-state index contributed by atoms with van der Waals surface area (Å²) in [5, 5.41) is 16.6. The molecule has 0 spiro atoms. The second kappa shape index (κ2) is 6.56. The van der Waals surface area contributed by atoms with Gasteiger partial charge < -0.3 is 16.3 Å². The minimum absolute atomic E-state index is 0.0248. The lowest BCUT2D eigenvalue weighted by molar-refractivity contribution is -0.127. The van der Waals surface area contributed by atoms with Crippen LogP contribution in [0.4, 0.5) is 0 Å². The largest absolute Gasteiger partial charge is 0.409 e. The maximum absolute atomic E-state index is 12.3. The third-order valence-corrected chi connectivity index (χ3v) is 4.07. The van der Waals surface area contributed by atoms with Gasteiger partial charge in [0.2, 0.25) is 5.91 Å². The van der Waals surface area contributed by atoms with Crippen LogP contribution >= 0.6 is 11.3 Å². The maximum atomic E-state index is 12.3. The van der Waals surface area contributed by atoms with Crippen molar-refractivity contribution in [1.82, 2.24) is 5.32 Å². The Morgan fingerprint density at radius 2 is 2.32 bits per heavy atom. The molecule has 0 saturated heterocycles. The molecule has 19 heavy (non-hydrogen) atoms. The summed E-state index contributed by atoms with van der Waals surface area (Å²) < 4.78 is 0. The van der Waals surface area contributed by atoms with Gasteiger partial charge in [-0.3, -0.25) is 4.79 Å². The lowest BCUT2D eigenvalue weighted by Crippen LogP contribution is -2.46. The van der Waals surface area contributed by atoms with E-state index in [0.717, 1.165) is 17.7 Å². The highest BCUT2D eigenvalue weighted by Gasteiger charge is 2.34. The van der Waals surface area contributed by atoms with Crippen LogP contribution in [0.2, 0.25) is 0 Å². The number of rotatable bonds is 6. The van der Waals surface area contributed by atoms with Crippen LogP contribution in [0.3, 0.4) is 0 Å². The fourth-order valence-corrected chi connectivity index (χ4v) is 2.46. The number of nitrogens with zero attached hydrogens (tertiary/aromatic N) is 1. The number of amidine groups is 1. The van der Waals surface area contributed by atoms with E-state index in [0.29, 0.717) is 0 Å². The monoisotopic (exact) mass is 283 g/mol. The number of nitrogens with one attached hydrogen (secondary N) is 1. The first-order valence-corrected chi connectivity index (χ1v) is 7.13. The van der Waals surface area contributed by atoms with E-state index >= 15 is 0 Å². The van der Waals surface area contributed by atoms with Crippen molar-refractivity contribution in [2.75, 3.05) is 0 Å². The predicted molar refractivity (Wildman–Crippen MR) is 77.3 cm³/mol. The van der Waals surface area contributed by atoms with Crippen LogP contribution in [0, 0.1) is 5.41 Å². The number of hydrogen-bond donors (Lipinski definition) is 3. The molecule has 1 amide bonds. The fraction of sp³-hybridized carbons (Fsp3) is 0.538. The van der Waals surface area contributed by atoms with Crippen LogP contribution in [-0.4, -0.2) is 17.0 Å². The van der Waals surface area contributed by atoms with E-state index in [4.69, 9.17) is 10.9 Å². The Bertz CT molecular complexity index is 441. The van der Waals surface area contributed by atoms with Crippen LogP contribution in [0.1, 0.15) is 44.5 Å². The third kappa shape index (κ3) is 3.70. The van der Waals surface area contributed by atoms with Gasteiger partial charge in [0.05, 0.1) is 6.04 Å². The van der Waals surface area contributed by atoms with Crippen molar-refractivity contribution >= 4 is 23.1 Å². The Morgan fingerprint density at radius 1 is 1.63 bits per heavy atom. The molecule has 0 aliphatic carbocycles. The van der Waals surface area contributed by atoms with Crippen LogP contribution in [0.5, 0.6) is 0 Å². The molecule has 1 unspecified atom stereocenters. The average molecular weight is 283 g/mol. The first kappa shape index (κ1) is 15.5. The maximum Gasteiger partial charge on any atom is 0.233 e. The van der Waals surface area contributed by atoms with Crippen molar-refractivity contribution in [2.45, 2.75) is 39.7 Å². The van der Waals surface area contributed by atoms with Crippen LogP contribution in [-0.2, 0) is 4.79 Å². The van der Waals surface area contributed by atoms with E-state index in [1.807, 2.05) is 17.5 Å². The molecule has 106 valence electrons. The van der Waals surface area contributed by atoms with Crippen LogP contribution < -0.4 is 11.1 Å². The summed E-state index contributed by atoms with van der Waals surface area (Å²) in [4.78, 5) is 13.4. The van der Waals surface area contributed by atoms with Gasteiger partial charge in [-0.1, -0.05) is 24.6 Å². The quantitative estimate of drug-likeness (QED) is 0.324. The number of nitrogens with two attached hydrogens (primary N) is 1. The molecule has 1 aromatic heterocycles. The van der Waals surface area contributed by atoms with E-state index in [9.17, 15) is 4.79 Å². The number of hydrogen-bond acceptors (Lipinski definition) is 4. The Morgan fingerprint density at radius 3 is 2.79 bits per heavy atom. The van der Waals surface area contributed by atoms with E-state index in [1.165, 1.54) is 0 Å². The Hall–Kier alpha value is -1.56. The molecular weight excluding hydrogens is 262 g/mol. The zero-order chi connectivity index (χ0) is 14.5. The molecule has 1 atom stereocenters. The lowest BCUT2D eigenvalue weighted by atomic mass is 9.90. The van der Waals surface area contributed by atoms with Crippen molar-refractivity contribution in [3.63, 3.8) is 0 Å². The molecule has 0 bridgehead atoms. The molecule has 0 aliphatic rings. The molecular formula is C13H21N3O2S.